The summed E-state index contributed by atoms with van der Waals surface area (Å²) in [6, 6.07) is 0.280. The van der Waals surface area contributed by atoms with Gasteiger partial charge in [0.1, 0.15) is 6.33 Å². The number of hydrogen-bond acceptors (Lipinski definition) is 3. The zero-order valence-electron chi connectivity index (χ0n) is 12.8. The molecule has 3 atom stereocenters. The minimum absolute atomic E-state index is 0.191. The van der Waals surface area contributed by atoms with Crippen molar-refractivity contribution >= 4 is 5.82 Å². The lowest BCUT2D eigenvalue weighted by molar-refractivity contribution is 0.155. The number of halogens is 1. The number of rotatable bonds is 3. The van der Waals surface area contributed by atoms with E-state index >= 15 is 0 Å². The van der Waals surface area contributed by atoms with Gasteiger partial charge in [-0.2, -0.15) is 0 Å². The molecule has 110 valence electrons. The number of nitrogens with zero attached hydrogens (tertiary/aromatic N) is 2. The van der Waals surface area contributed by atoms with Crippen molar-refractivity contribution in [3.8, 4) is 0 Å². The second-order valence-corrected chi connectivity index (χ2v) is 7.33. The Morgan fingerprint density at radius 1 is 1.35 bits per heavy atom. The molecule has 2 fully saturated rings. The van der Waals surface area contributed by atoms with Crippen LogP contribution in [0.15, 0.2) is 6.33 Å². The van der Waals surface area contributed by atoms with Gasteiger partial charge in [0.2, 0.25) is 0 Å². The molecule has 0 radical (unpaired) electrons. The largest absolute Gasteiger partial charge is 0.364 e. The fraction of sp³-hybridized carbons (Fsp3) is 0.750. The van der Waals surface area contributed by atoms with Gasteiger partial charge in [0.25, 0.3) is 0 Å². The normalized spacial score (nSPS) is 34.5. The zero-order chi connectivity index (χ0) is 14.5. The molecule has 1 heterocycles. The predicted molar refractivity (Wildman–Crippen MR) is 78.0 cm³/mol. The number of aromatic nitrogens is 2. The Bertz CT molecular complexity index is 524. The second kappa shape index (κ2) is 4.40. The van der Waals surface area contributed by atoms with E-state index in [-0.39, 0.29) is 22.7 Å². The maximum absolute atomic E-state index is 14.4. The van der Waals surface area contributed by atoms with Crippen LogP contribution in [0.25, 0.3) is 0 Å². The first-order valence-corrected chi connectivity index (χ1v) is 7.64. The third-order valence-corrected chi connectivity index (χ3v) is 5.75. The molecule has 3 nitrogen and oxygen atoms in total. The van der Waals surface area contributed by atoms with Crippen LogP contribution in [0.2, 0.25) is 0 Å². The molecule has 1 N–H and O–H groups in total. The molecule has 0 aliphatic heterocycles. The van der Waals surface area contributed by atoms with Crippen molar-refractivity contribution in [2.75, 3.05) is 5.32 Å². The average molecular weight is 277 g/mol. The van der Waals surface area contributed by atoms with Crippen molar-refractivity contribution < 1.29 is 4.39 Å². The Morgan fingerprint density at radius 3 is 2.70 bits per heavy atom. The Morgan fingerprint density at radius 2 is 2.10 bits per heavy atom. The fourth-order valence-electron chi connectivity index (χ4n) is 4.55. The third kappa shape index (κ3) is 1.84. The lowest BCUT2D eigenvalue weighted by atomic mass is 9.68. The minimum atomic E-state index is -0.280. The molecular formula is C16H24FN3. The maximum Gasteiger partial charge on any atom is 0.186 e. The maximum atomic E-state index is 14.4. The van der Waals surface area contributed by atoms with E-state index in [0.717, 1.165) is 5.92 Å². The first-order valence-electron chi connectivity index (χ1n) is 7.64. The summed E-state index contributed by atoms with van der Waals surface area (Å²) < 4.78 is 14.4. The smallest absolute Gasteiger partial charge is 0.186 e. The van der Waals surface area contributed by atoms with E-state index in [4.69, 9.17) is 0 Å². The van der Waals surface area contributed by atoms with Crippen LogP contribution in [0, 0.1) is 22.6 Å². The SMILES string of the molecule is CCc1ncnc(NC2C3(C)CCC(C3)C2(C)C)c1F. The first-order chi connectivity index (χ1) is 9.38. The summed E-state index contributed by atoms with van der Waals surface area (Å²) in [5.74, 6) is 0.835. The van der Waals surface area contributed by atoms with Gasteiger partial charge in [0.15, 0.2) is 11.6 Å². The predicted octanol–water partition coefficient (Wildman–Crippen LogP) is 3.80. The van der Waals surface area contributed by atoms with Gasteiger partial charge < -0.3 is 5.32 Å². The molecule has 0 amide bonds. The number of fused-ring (bicyclic) bond motifs is 2. The summed E-state index contributed by atoms with van der Waals surface area (Å²) in [4.78, 5) is 8.14. The van der Waals surface area contributed by atoms with Gasteiger partial charge in [-0.1, -0.05) is 27.7 Å². The van der Waals surface area contributed by atoms with Crippen LogP contribution in [0.1, 0.15) is 52.7 Å². The van der Waals surface area contributed by atoms with Crippen molar-refractivity contribution in [2.45, 2.75) is 59.4 Å². The third-order valence-electron chi connectivity index (χ3n) is 5.75. The van der Waals surface area contributed by atoms with Gasteiger partial charge in [0.05, 0.1) is 5.69 Å². The van der Waals surface area contributed by atoms with Gasteiger partial charge in [-0.15, -0.1) is 0 Å². The van der Waals surface area contributed by atoms with Crippen molar-refractivity contribution in [1.82, 2.24) is 9.97 Å². The summed E-state index contributed by atoms with van der Waals surface area (Å²) in [6.45, 7) is 8.86. The highest BCUT2D eigenvalue weighted by Gasteiger charge is 2.59. The molecule has 2 saturated carbocycles. The van der Waals surface area contributed by atoms with Gasteiger partial charge in [-0.05, 0) is 42.4 Å². The van der Waals surface area contributed by atoms with Crippen molar-refractivity contribution in [3.05, 3.63) is 17.8 Å². The van der Waals surface area contributed by atoms with E-state index in [0.29, 0.717) is 17.9 Å². The van der Waals surface area contributed by atoms with Crippen molar-refractivity contribution in [2.24, 2.45) is 16.7 Å². The summed E-state index contributed by atoms with van der Waals surface area (Å²) in [6.07, 6.45) is 5.83. The Balaban J connectivity index is 1.92. The van der Waals surface area contributed by atoms with E-state index in [1.807, 2.05) is 6.92 Å². The lowest BCUT2D eigenvalue weighted by Gasteiger charge is -2.43. The standard InChI is InChI=1S/C16H24FN3/c1-5-11-12(17)13(19-9-18-11)20-14-15(2,3)10-6-7-16(14,4)8-10/h9-10,14H,5-8H2,1-4H3,(H,18,19,20). The molecule has 0 spiro atoms. The van der Waals surface area contributed by atoms with Crippen LogP contribution < -0.4 is 5.32 Å². The molecule has 1 aromatic heterocycles. The summed E-state index contributed by atoms with van der Waals surface area (Å²) in [7, 11) is 0. The van der Waals surface area contributed by atoms with Crippen LogP contribution in [-0.2, 0) is 6.42 Å². The highest BCUT2D eigenvalue weighted by atomic mass is 19.1. The van der Waals surface area contributed by atoms with E-state index < -0.39 is 0 Å². The van der Waals surface area contributed by atoms with Gasteiger partial charge in [-0.25, -0.2) is 14.4 Å². The second-order valence-electron chi connectivity index (χ2n) is 7.33. The van der Waals surface area contributed by atoms with E-state index in [9.17, 15) is 4.39 Å². The molecule has 3 rings (SSSR count). The van der Waals surface area contributed by atoms with E-state index in [2.05, 4.69) is 36.1 Å². The topological polar surface area (TPSA) is 37.8 Å². The molecule has 0 aromatic carbocycles. The fourth-order valence-corrected chi connectivity index (χ4v) is 4.55. The van der Waals surface area contributed by atoms with Crippen LogP contribution in [0.3, 0.4) is 0 Å². The Hall–Kier alpha value is -1.19. The molecule has 1 aromatic rings. The van der Waals surface area contributed by atoms with Crippen LogP contribution in [0.4, 0.5) is 10.2 Å². The zero-order valence-corrected chi connectivity index (χ0v) is 12.8. The van der Waals surface area contributed by atoms with E-state index in [1.54, 1.807) is 0 Å². The Kier molecular flexibility index (Phi) is 3.03. The van der Waals surface area contributed by atoms with Crippen LogP contribution >= 0.6 is 0 Å². The van der Waals surface area contributed by atoms with Crippen LogP contribution in [0.5, 0.6) is 0 Å². The number of aryl methyl sites for hydroxylation is 1. The molecule has 4 heteroatoms. The number of nitrogens with one attached hydrogen (secondary N) is 1. The van der Waals surface area contributed by atoms with Gasteiger partial charge in [-0.3, -0.25) is 0 Å². The Labute approximate surface area is 120 Å². The first kappa shape index (κ1) is 13.8. The highest BCUT2D eigenvalue weighted by molar-refractivity contribution is 5.41. The molecule has 2 bridgehead atoms. The highest BCUT2D eigenvalue weighted by Crippen LogP contribution is 2.63. The number of hydrogen-bond donors (Lipinski definition) is 1. The lowest BCUT2D eigenvalue weighted by Crippen LogP contribution is -2.46. The van der Waals surface area contributed by atoms with Crippen molar-refractivity contribution in [3.63, 3.8) is 0 Å². The monoisotopic (exact) mass is 277 g/mol. The number of anilines is 1. The molecule has 2 aliphatic carbocycles. The summed E-state index contributed by atoms with van der Waals surface area (Å²) in [5, 5.41) is 3.42. The average Bonchev–Trinajstić information content (AvgIpc) is 2.87. The quantitative estimate of drug-likeness (QED) is 0.913. The van der Waals surface area contributed by atoms with Gasteiger partial charge >= 0.3 is 0 Å². The van der Waals surface area contributed by atoms with Crippen LogP contribution in [-0.4, -0.2) is 16.0 Å². The molecule has 3 unspecified atom stereocenters. The molecular weight excluding hydrogens is 253 g/mol. The molecule has 20 heavy (non-hydrogen) atoms. The van der Waals surface area contributed by atoms with Crippen molar-refractivity contribution in [1.29, 1.82) is 0 Å². The van der Waals surface area contributed by atoms with E-state index in [1.165, 1.54) is 25.6 Å². The van der Waals surface area contributed by atoms with Gasteiger partial charge in [0, 0.05) is 6.04 Å². The summed E-state index contributed by atoms with van der Waals surface area (Å²) in [5.41, 5.74) is 0.947. The molecule has 0 saturated heterocycles. The molecule has 2 aliphatic rings. The summed E-state index contributed by atoms with van der Waals surface area (Å²) >= 11 is 0. The minimum Gasteiger partial charge on any atom is -0.364 e.